The summed E-state index contributed by atoms with van der Waals surface area (Å²) in [5.74, 6) is 0.808. The molecule has 1 N–H and O–H groups in total. The first-order valence-corrected chi connectivity index (χ1v) is 6.70. The van der Waals surface area contributed by atoms with E-state index < -0.39 is 0 Å². The van der Waals surface area contributed by atoms with E-state index in [0.717, 1.165) is 10.2 Å². The van der Waals surface area contributed by atoms with Crippen LogP contribution in [0.2, 0.25) is 0 Å². The highest BCUT2D eigenvalue weighted by Gasteiger charge is 2.29. The second-order valence-corrected chi connectivity index (χ2v) is 6.38. The van der Waals surface area contributed by atoms with Crippen molar-refractivity contribution in [3.63, 3.8) is 0 Å². The number of rotatable bonds is 2. The van der Waals surface area contributed by atoms with E-state index in [1.54, 1.807) is 6.20 Å². The van der Waals surface area contributed by atoms with Gasteiger partial charge in [-0.15, -0.1) is 0 Å². The maximum Gasteiger partial charge on any atom is 0.229 e. The largest absolute Gasteiger partial charge is 0.302 e. The lowest BCUT2D eigenvalue weighted by molar-refractivity contribution is -0.120. The van der Waals surface area contributed by atoms with Crippen LogP contribution < -0.4 is 5.32 Å². The number of carbonyl (C=O) groups excluding carboxylic acids is 1. The van der Waals surface area contributed by atoms with Crippen LogP contribution in [0.1, 0.15) is 26.2 Å². The standard InChI is InChI=1S/C10H13BrN2OS/c1-6-3-2-4-7(6)9(14)13-10-12-5-8(11)15-10/h5-7H,2-4H2,1H3,(H,12,13,14). The highest BCUT2D eigenvalue weighted by Crippen LogP contribution is 2.32. The van der Waals surface area contributed by atoms with Crippen LogP contribution >= 0.6 is 27.3 Å². The van der Waals surface area contributed by atoms with Crippen molar-refractivity contribution >= 4 is 38.3 Å². The van der Waals surface area contributed by atoms with Crippen LogP contribution in [-0.2, 0) is 4.79 Å². The molecule has 15 heavy (non-hydrogen) atoms. The average molecular weight is 289 g/mol. The van der Waals surface area contributed by atoms with Gasteiger partial charge in [0.1, 0.15) is 0 Å². The van der Waals surface area contributed by atoms with Gasteiger partial charge < -0.3 is 5.32 Å². The Bertz CT molecular complexity index is 366. The zero-order valence-electron chi connectivity index (χ0n) is 8.50. The van der Waals surface area contributed by atoms with Crippen LogP contribution in [0.15, 0.2) is 9.98 Å². The topological polar surface area (TPSA) is 42.0 Å². The quantitative estimate of drug-likeness (QED) is 0.907. The van der Waals surface area contributed by atoms with Crippen LogP contribution in [0, 0.1) is 11.8 Å². The molecule has 1 aromatic rings. The summed E-state index contributed by atoms with van der Waals surface area (Å²) in [6.07, 6.45) is 5.05. The van der Waals surface area contributed by atoms with Gasteiger partial charge >= 0.3 is 0 Å². The van der Waals surface area contributed by atoms with E-state index in [4.69, 9.17) is 0 Å². The van der Waals surface area contributed by atoms with Gasteiger partial charge in [0, 0.05) is 5.92 Å². The van der Waals surface area contributed by atoms with Crippen LogP contribution in [0.25, 0.3) is 0 Å². The molecule has 1 aliphatic carbocycles. The number of hydrogen-bond acceptors (Lipinski definition) is 3. The fourth-order valence-electron chi connectivity index (χ4n) is 2.05. The minimum Gasteiger partial charge on any atom is -0.302 e. The predicted octanol–water partition coefficient (Wildman–Crippen LogP) is 3.28. The van der Waals surface area contributed by atoms with Gasteiger partial charge in [-0.1, -0.05) is 24.7 Å². The molecule has 5 heteroatoms. The molecule has 2 rings (SSSR count). The van der Waals surface area contributed by atoms with E-state index in [0.29, 0.717) is 11.0 Å². The van der Waals surface area contributed by atoms with Gasteiger partial charge in [-0.3, -0.25) is 4.79 Å². The van der Waals surface area contributed by atoms with Crippen molar-refractivity contribution in [1.29, 1.82) is 0 Å². The second kappa shape index (κ2) is 4.61. The summed E-state index contributed by atoms with van der Waals surface area (Å²) in [7, 11) is 0. The molecule has 2 atom stereocenters. The maximum absolute atomic E-state index is 11.9. The number of amides is 1. The number of thiazole rings is 1. The van der Waals surface area contributed by atoms with E-state index >= 15 is 0 Å². The van der Waals surface area contributed by atoms with Gasteiger partial charge in [-0.25, -0.2) is 4.98 Å². The summed E-state index contributed by atoms with van der Waals surface area (Å²) >= 11 is 4.77. The molecule has 3 nitrogen and oxygen atoms in total. The molecule has 1 saturated carbocycles. The van der Waals surface area contributed by atoms with Gasteiger partial charge in [-0.05, 0) is 34.7 Å². The fraction of sp³-hybridized carbons (Fsp3) is 0.600. The first-order valence-electron chi connectivity index (χ1n) is 5.09. The summed E-state index contributed by atoms with van der Waals surface area (Å²) in [5, 5.41) is 3.56. The minimum atomic E-state index is 0.127. The Morgan fingerprint density at radius 2 is 2.47 bits per heavy atom. The molecule has 82 valence electrons. The van der Waals surface area contributed by atoms with Gasteiger partial charge in [0.25, 0.3) is 0 Å². The second-order valence-electron chi connectivity index (χ2n) is 3.97. The Balaban J connectivity index is 1.97. The summed E-state index contributed by atoms with van der Waals surface area (Å²) in [4.78, 5) is 16.0. The summed E-state index contributed by atoms with van der Waals surface area (Å²) < 4.78 is 0.942. The summed E-state index contributed by atoms with van der Waals surface area (Å²) in [5.41, 5.74) is 0. The molecule has 0 saturated heterocycles. The minimum absolute atomic E-state index is 0.127. The SMILES string of the molecule is CC1CCCC1C(=O)Nc1ncc(Br)s1. The first kappa shape index (κ1) is 11.1. The van der Waals surface area contributed by atoms with E-state index in [2.05, 4.69) is 33.2 Å². The average Bonchev–Trinajstić information content (AvgIpc) is 2.75. The number of aromatic nitrogens is 1. The van der Waals surface area contributed by atoms with Crippen molar-refractivity contribution < 1.29 is 4.79 Å². The molecule has 0 radical (unpaired) electrons. The number of nitrogens with one attached hydrogen (secondary N) is 1. The molecule has 1 fully saturated rings. The van der Waals surface area contributed by atoms with E-state index in [9.17, 15) is 4.79 Å². The van der Waals surface area contributed by atoms with Crippen molar-refractivity contribution in [1.82, 2.24) is 4.98 Å². The van der Waals surface area contributed by atoms with Crippen LogP contribution in [-0.4, -0.2) is 10.9 Å². The lowest BCUT2D eigenvalue weighted by Crippen LogP contribution is -2.24. The number of anilines is 1. The lowest BCUT2D eigenvalue weighted by Gasteiger charge is -2.13. The van der Waals surface area contributed by atoms with Gasteiger partial charge in [0.2, 0.25) is 5.91 Å². The zero-order chi connectivity index (χ0) is 10.8. The number of halogens is 1. The summed E-state index contributed by atoms with van der Waals surface area (Å²) in [6.45, 7) is 2.15. The van der Waals surface area contributed by atoms with Gasteiger partial charge in [0.05, 0.1) is 9.98 Å². The summed E-state index contributed by atoms with van der Waals surface area (Å²) in [6, 6.07) is 0. The zero-order valence-corrected chi connectivity index (χ0v) is 10.9. The van der Waals surface area contributed by atoms with Gasteiger partial charge in [-0.2, -0.15) is 0 Å². The van der Waals surface area contributed by atoms with Crippen molar-refractivity contribution in [3.8, 4) is 0 Å². The van der Waals surface area contributed by atoms with Crippen molar-refractivity contribution in [2.24, 2.45) is 11.8 Å². The molecule has 2 unspecified atom stereocenters. The predicted molar refractivity (Wildman–Crippen MR) is 64.9 cm³/mol. The number of carbonyl (C=O) groups is 1. The molecule has 0 spiro atoms. The molecular weight excluding hydrogens is 276 g/mol. The Labute approximate surface area is 101 Å². The molecular formula is C10H13BrN2OS. The van der Waals surface area contributed by atoms with Crippen LogP contribution in [0.4, 0.5) is 5.13 Å². The normalized spacial score (nSPS) is 25.5. The van der Waals surface area contributed by atoms with Crippen molar-refractivity contribution in [3.05, 3.63) is 9.98 Å². The van der Waals surface area contributed by atoms with Crippen LogP contribution in [0.5, 0.6) is 0 Å². The highest BCUT2D eigenvalue weighted by molar-refractivity contribution is 9.11. The third-order valence-electron chi connectivity index (χ3n) is 2.91. The molecule has 0 aliphatic heterocycles. The first-order chi connectivity index (χ1) is 7.16. The van der Waals surface area contributed by atoms with E-state index in [1.165, 1.54) is 24.2 Å². The molecule has 1 heterocycles. The molecule has 0 aromatic carbocycles. The third kappa shape index (κ3) is 2.58. The Kier molecular flexibility index (Phi) is 3.41. The Morgan fingerprint density at radius 1 is 1.67 bits per heavy atom. The fourth-order valence-corrected chi connectivity index (χ4v) is 3.15. The van der Waals surface area contributed by atoms with E-state index in [-0.39, 0.29) is 11.8 Å². The lowest BCUT2D eigenvalue weighted by atomic mass is 9.97. The number of hydrogen-bond donors (Lipinski definition) is 1. The third-order valence-corrected chi connectivity index (χ3v) is 4.30. The highest BCUT2D eigenvalue weighted by atomic mass is 79.9. The molecule has 1 amide bonds. The van der Waals surface area contributed by atoms with E-state index in [1.807, 2.05) is 0 Å². The Morgan fingerprint density at radius 3 is 3.00 bits per heavy atom. The monoisotopic (exact) mass is 288 g/mol. The Hall–Kier alpha value is -0.420. The van der Waals surface area contributed by atoms with Crippen molar-refractivity contribution in [2.45, 2.75) is 26.2 Å². The molecule has 0 bridgehead atoms. The smallest absolute Gasteiger partial charge is 0.229 e. The van der Waals surface area contributed by atoms with Crippen molar-refractivity contribution in [2.75, 3.05) is 5.32 Å². The molecule has 1 aromatic heterocycles. The van der Waals surface area contributed by atoms with Gasteiger partial charge in [0.15, 0.2) is 5.13 Å². The maximum atomic E-state index is 11.9. The molecule has 1 aliphatic rings. The number of nitrogens with zero attached hydrogens (tertiary/aromatic N) is 1. The van der Waals surface area contributed by atoms with Crippen LogP contribution in [0.3, 0.4) is 0 Å².